The van der Waals surface area contributed by atoms with Crippen LogP contribution in [0.2, 0.25) is 10.0 Å². The molecule has 0 aromatic heterocycles. The second-order valence-corrected chi connectivity index (χ2v) is 4.78. The number of carbonyl (C=O) groups is 1. The third-order valence-electron chi connectivity index (χ3n) is 2.54. The number of rotatable bonds is 3. The molecular weight excluding hydrogens is 283 g/mol. The van der Waals surface area contributed by atoms with Crippen LogP contribution >= 0.6 is 23.2 Å². The van der Waals surface area contributed by atoms with Crippen molar-refractivity contribution in [1.82, 2.24) is 0 Å². The van der Waals surface area contributed by atoms with E-state index in [1.165, 1.54) is 6.08 Å². The Morgan fingerprint density at radius 2 is 1.26 bits per heavy atom. The molecule has 1 N–H and O–H groups in total. The van der Waals surface area contributed by atoms with Gasteiger partial charge in [-0.2, -0.15) is 0 Å². The van der Waals surface area contributed by atoms with E-state index in [0.717, 1.165) is 0 Å². The number of benzene rings is 2. The topological polar surface area (TPSA) is 37.3 Å². The SMILES string of the molecule is O=C(/C=C(/O)c1ccc(Cl)cc1)c1ccc(Cl)cc1. The van der Waals surface area contributed by atoms with Crippen molar-refractivity contribution in [3.63, 3.8) is 0 Å². The molecule has 0 radical (unpaired) electrons. The van der Waals surface area contributed by atoms with Gasteiger partial charge in [-0.1, -0.05) is 23.2 Å². The predicted octanol–water partition coefficient (Wildman–Crippen LogP) is 4.78. The van der Waals surface area contributed by atoms with E-state index in [2.05, 4.69) is 0 Å². The highest BCUT2D eigenvalue weighted by molar-refractivity contribution is 6.31. The van der Waals surface area contributed by atoms with Crippen LogP contribution in [-0.2, 0) is 0 Å². The highest BCUT2D eigenvalue weighted by atomic mass is 35.5. The molecule has 0 amide bonds. The molecule has 0 spiro atoms. The lowest BCUT2D eigenvalue weighted by Gasteiger charge is -2.01. The highest BCUT2D eigenvalue weighted by Crippen LogP contribution is 2.17. The Morgan fingerprint density at radius 1 is 0.842 bits per heavy atom. The van der Waals surface area contributed by atoms with Crippen molar-refractivity contribution in [2.45, 2.75) is 0 Å². The summed E-state index contributed by atoms with van der Waals surface area (Å²) >= 11 is 11.5. The lowest BCUT2D eigenvalue weighted by atomic mass is 10.1. The first-order valence-electron chi connectivity index (χ1n) is 5.53. The average molecular weight is 293 g/mol. The van der Waals surface area contributed by atoms with Crippen molar-refractivity contribution >= 4 is 34.7 Å². The van der Waals surface area contributed by atoms with Gasteiger partial charge in [0.15, 0.2) is 5.78 Å². The Bertz CT molecular complexity index is 614. The Hall–Kier alpha value is -1.77. The molecule has 0 saturated carbocycles. The lowest BCUT2D eigenvalue weighted by molar-refractivity contribution is 0.104. The summed E-state index contributed by atoms with van der Waals surface area (Å²) in [5.41, 5.74) is 0.997. The normalized spacial score (nSPS) is 11.4. The third-order valence-corrected chi connectivity index (χ3v) is 3.04. The minimum Gasteiger partial charge on any atom is -0.507 e. The number of aliphatic hydroxyl groups excluding tert-OH is 1. The van der Waals surface area contributed by atoms with E-state index in [9.17, 15) is 9.90 Å². The van der Waals surface area contributed by atoms with Gasteiger partial charge in [-0.25, -0.2) is 0 Å². The number of carbonyl (C=O) groups excluding carboxylic acids is 1. The summed E-state index contributed by atoms with van der Waals surface area (Å²) in [6.07, 6.45) is 1.17. The number of aliphatic hydroxyl groups is 1. The van der Waals surface area contributed by atoms with Gasteiger partial charge in [-0.05, 0) is 48.5 Å². The van der Waals surface area contributed by atoms with Crippen molar-refractivity contribution in [2.75, 3.05) is 0 Å². The molecule has 0 fully saturated rings. The van der Waals surface area contributed by atoms with E-state index in [-0.39, 0.29) is 11.5 Å². The Kier molecular flexibility index (Phi) is 4.25. The van der Waals surface area contributed by atoms with Crippen molar-refractivity contribution in [3.05, 3.63) is 75.8 Å². The highest BCUT2D eigenvalue weighted by Gasteiger charge is 2.06. The molecule has 0 saturated heterocycles. The molecule has 19 heavy (non-hydrogen) atoms. The monoisotopic (exact) mass is 292 g/mol. The summed E-state index contributed by atoms with van der Waals surface area (Å²) in [5, 5.41) is 11.0. The van der Waals surface area contributed by atoms with E-state index < -0.39 is 0 Å². The Morgan fingerprint density at radius 3 is 1.74 bits per heavy atom. The zero-order chi connectivity index (χ0) is 13.8. The van der Waals surface area contributed by atoms with E-state index in [4.69, 9.17) is 23.2 Å². The number of hydrogen-bond acceptors (Lipinski definition) is 2. The van der Waals surface area contributed by atoms with Crippen LogP contribution in [0, 0.1) is 0 Å². The molecule has 96 valence electrons. The predicted molar refractivity (Wildman–Crippen MR) is 77.8 cm³/mol. The Balaban J connectivity index is 2.22. The number of hydrogen-bond donors (Lipinski definition) is 1. The van der Waals surface area contributed by atoms with Gasteiger partial charge in [-0.3, -0.25) is 4.79 Å². The quantitative estimate of drug-likeness (QED) is 0.502. The fraction of sp³-hybridized carbons (Fsp3) is 0. The maximum atomic E-state index is 11.9. The molecule has 2 rings (SSSR count). The molecule has 0 aliphatic carbocycles. The van der Waals surface area contributed by atoms with Gasteiger partial charge in [0.1, 0.15) is 5.76 Å². The number of allylic oxidation sites excluding steroid dienone is 1. The summed E-state index contributed by atoms with van der Waals surface area (Å²) in [7, 11) is 0. The van der Waals surface area contributed by atoms with Gasteiger partial charge in [0.25, 0.3) is 0 Å². The van der Waals surface area contributed by atoms with Crippen LogP contribution in [0.15, 0.2) is 54.6 Å². The molecule has 0 heterocycles. The molecule has 0 aliphatic rings. The molecule has 0 atom stereocenters. The smallest absolute Gasteiger partial charge is 0.189 e. The molecule has 0 unspecified atom stereocenters. The summed E-state index contributed by atoms with van der Waals surface area (Å²) in [5.74, 6) is -0.388. The van der Waals surface area contributed by atoms with Crippen LogP contribution in [0.4, 0.5) is 0 Å². The van der Waals surface area contributed by atoms with Crippen LogP contribution in [-0.4, -0.2) is 10.9 Å². The fourth-order valence-corrected chi connectivity index (χ4v) is 1.78. The molecular formula is C15H10Cl2O2. The standard InChI is InChI=1S/C15H10Cl2O2/c16-12-5-1-10(2-6-12)14(18)9-15(19)11-3-7-13(17)8-4-11/h1-9,18H/b14-9+. The van der Waals surface area contributed by atoms with Gasteiger partial charge in [0, 0.05) is 27.2 Å². The second-order valence-electron chi connectivity index (χ2n) is 3.91. The largest absolute Gasteiger partial charge is 0.507 e. The minimum absolute atomic E-state index is 0.100. The minimum atomic E-state index is -0.288. The van der Waals surface area contributed by atoms with Crippen molar-refractivity contribution in [2.24, 2.45) is 0 Å². The summed E-state index contributed by atoms with van der Waals surface area (Å²) in [6.45, 7) is 0. The summed E-state index contributed by atoms with van der Waals surface area (Å²) in [4.78, 5) is 11.9. The zero-order valence-corrected chi connectivity index (χ0v) is 11.3. The maximum absolute atomic E-state index is 11.9. The van der Waals surface area contributed by atoms with Gasteiger partial charge in [0.05, 0.1) is 0 Å². The van der Waals surface area contributed by atoms with E-state index >= 15 is 0 Å². The van der Waals surface area contributed by atoms with Gasteiger partial charge >= 0.3 is 0 Å². The molecule has 2 aromatic rings. The van der Waals surface area contributed by atoms with Gasteiger partial charge < -0.3 is 5.11 Å². The Labute approximate surface area is 120 Å². The lowest BCUT2D eigenvalue weighted by Crippen LogP contribution is -1.96. The van der Waals surface area contributed by atoms with Crippen LogP contribution in [0.5, 0.6) is 0 Å². The van der Waals surface area contributed by atoms with Crippen LogP contribution in [0.25, 0.3) is 5.76 Å². The third kappa shape index (κ3) is 3.60. The molecule has 4 heteroatoms. The van der Waals surface area contributed by atoms with Crippen LogP contribution in [0.1, 0.15) is 15.9 Å². The van der Waals surface area contributed by atoms with Gasteiger partial charge in [0.2, 0.25) is 0 Å². The van der Waals surface area contributed by atoms with Gasteiger partial charge in [-0.15, -0.1) is 0 Å². The maximum Gasteiger partial charge on any atom is 0.189 e. The molecule has 0 aliphatic heterocycles. The molecule has 0 bridgehead atoms. The van der Waals surface area contributed by atoms with Crippen LogP contribution < -0.4 is 0 Å². The first-order chi connectivity index (χ1) is 9.06. The molecule has 2 aromatic carbocycles. The average Bonchev–Trinajstić information content (AvgIpc) is 2.40. The summed E-state index contributed by atoms with van der Waals surface area (Å²) in [6, 6.07) is 13.0. The van der Waals surface area contributed by atoms with Crippen molar-refractivity contribution < 1.29 is 9.90 Å². The number of ketones is 1. The first kappa shape index (κ1) is 13.7. The first-order valence-corrected chi connectivity index (χ1v) is 6.28. The summed E-state index contributed by atoms with van der Waals surface area (Å²) < 4.78 is 0. The van der Waals surface area contributed by atoms with E-state index in [0.29, 0.717) is 21.2 Å². The zero-order valence-electron chi connectivity index (χ0n) is 9.81. The van der Waals surface area contributed by atoms with E-state index in [1.54, 1.807) is 48.5 Å². The van der Waals surface area contributed by atoms with Crippen molar-refractivity contribution in [1.29, 1.82) is 0 Å². The number of halogens is 2. The fourth-order valence-electron chi connectivity index (χ4n) is 1.53. The van der Waals surface area contributed by atoms with E-state index in [1.807, 2.05) is 0 Å². The van der Waals surface area contributed by atoms with Crippen LogP contribution in [0.3, 0.4) is 0 Å². The second kappa shape index (κ2) is 5.91. The molecule has 2 nitrogen and oxygen atoms in total. The van der Waals surface area contributed by atoms with Crippen molar-refractivity contribution in [3.8, 4) is 0 Å².